The summed E-state index contributed by atoms with van der Waals surface area (Å²) in [6.07, 6.45) is 0. The third-order valence-corrected chi connectivity index (χ3v) is 14.5. The first-order valence-corrected chi connectivity index (χ1v) is 24.4. The summed E-state index contributed by atoms with van der Waals surface area (Å²) in [6, 6.07) is 105. The third kappa shape index (κ3) is 6.81. The van der Waals surface area contributed by atoms with Crippen LogP contribution in [-0.4, -0.2) is 0 Å². The SMILES string of the molecule is c1ccc(N(c2ccccc2)c2ccc3c(c2)OC(c2ccccc2)(c2ccc(N(c4ccccc4)c4ccc5c(c4)C(c4ccccc4)(c4ccccc4)c4ccccc4-5)cc2)c2ccccc2-3)cc1. The second-order valence-electron chi connectivity index (χ2n) is 18.4. The van der Waals surface area contributed by atoms with Gasteiger partial charge in [0.05, 0.1) is 5.41 Å². The Morgan fingerprint density at radius 1 is 0.239 bits per heavy atom. The van der Waals surface area contributed by atoms with Crippen LogP contribution in [0, 0.1) is 0 Å². The van der Waals surface area contributed by atoms with Gasteiger partial charge in [0.15, 0.2) is 5.60 Å². The second-order valence-corrected chi connectivity index (χ2v) is 18.4. The lowest BCUT2D eigenvalue weighted by Gasteiger charge is -2.42. The van der Waals surface area contributed by atoms with Crippen LogP contribution < -0.4 is 14.5 Å². The molecule has 0 saturated heterocycles. The zero-order chi connectivity index (χ0) is 47.2. The monoisotopic (exact) mass is 908 g/mol. The number of rotatable bonds is 10. The van der Waals surface area contributed by atoms with Crippen LogP contribution in [0.25, 0.3) is 22.3 Å². The first kappa shape index (κ1) is 42.0. The lowest BCUT2D eigenvalue weighted by molar-refractivity contribution is 0.152. The highest BCUT2D eigenvalue weighted by atomic mass is 16.5. The van der Waals surface area contributed by atoms with Crippen molar-refractivity contribution in [3.8, 4) is 28.0 Å². The summed E-state index contributed by atoms with van der Waals surface area (Å²) in [5, 5.41) is 0. The van der Waals surface area contributed by atoms with Gasteiger partial charge in [-0.25, -0.2) is 0 Å². The first-order chi connectivity index (χ1) is 35.2. The molecule has 1 atom stereocenters. The van der Waals surface area contributed by atoms with Crippen molar-refractivity contribution in [3.05, 3.63) is 330 Å². The number of para-hydroxylation sites is 3. The van der Waals surface area contributed by atoms with Crippen LogP contribution in [-0.2, 0) is 11.0 Å². The lowest BCUT2D eigenvalue weighted by atomic mass is 9.67. The third-order valence-electron chi connectivity index (χ3n) is 14.5. The Hall–Kier alpha value is -9.18. The Balaban J connectivity index is 0.974. The molecule has 0 N–H and O–H groups in total. The Bertz CT molecular complexity index is 3580. The van der Waals surface area contributed by atoms with Crippen molar-refractivity contribution in [3.63, 3.8) is 0 Å². The predicted molar refractivity (Wildman–Crippen MR) is 292 cm³/mol. The molecule has 11 aromatic rings. The molecule has 11 aromatic carbocycles. The van der Waals surface area contributed by atoms with Gasteiger partial charge in [-0.2, -0.15) is 0 Å². The van der Waals surface area contributed by atoms with Gasteiger partial charge < -0.3 is 14.5 Å². The fourth-order valence-corrected chi connectivity index (χ4v) is 11.5. The zero-order valence-electron chi connectivity index (χ0n) is 39.0. The molecule has 2 aliphatic rings. The molecule has 0 spiro atoms. The Labute approximate surface area is 415 Å². The molecule has 1 unspecified atom stereocenters. The minimum Gasteiger partial charge on any atom is -0.472 e. The van der Waals surface area contributed by atoms with E-state index in [2.05, 4.69) is 301 Å². The highest BCUT2D eigenvalue weighted by Gasteiger charge is 2.47. The van der Waals surface area contributed by atoms with Gasteiger partial charge in [-0.05, 0) is 112 Å². The number of anilines is 6. The van der Waals surface area contributed by atoms with Crippen LogP contribution in [0.5, 0.6) is 5.75 Å². The molecule has 1 aliphatic carbocycles. The van der Waals surface area contributed by atoms with E-state index in [-0.39, 0.29) is 0 Å². The molecule has 0 saturated carbocycles. The van der Waals surface area contributed by atoms with Crippen LogP contribution >= 0.6 is 0 Å². The van der Waals surface area contributed by atoms with Gasteiger partial charge in [0, 0.05) is 62.4 Å². The summed E-state index contributed by atoms with van der Waals surface area (Å²) in [5.41, 5.74) is 17.8. The molecule has 1 heterocycles. The molecular weight excluding hydrogens is 861 g/mol. The summed E-state index contributed by atoms with van der Waals surface area (Å²) < 4.78 is 7.70. The quantitative estimate of drug-likeness (QED) is 0.136. The number of fused-ring (bicyclic) bond motifs is 6. The Morgan fingerprint density at radius 2 is 0.592 bits per heavy atom. The van der Waals surface area contributed by atoms with E-state index in [0.29, 0.717) is 0 Å². The number of nitrogens with zero attached hydrogens (tertiary/aromatic N) is 2. The topological polar surface area (TPSA) is 15.7 Å². The van der Waals surface area contributed by atoms with Crippen molar-refractivity contribution in [1.29, 1.82) is 0 Å². The maximum Gasteiger partial charge on any atom is 0.185 e. The van der Waals surface area contributed by atoms with Crippen molar-refractivity contribution in [1.82, 2.24) is 0 Å². The van der Waals surface area contributed by atoms with E-state index in [9.17, 15) is 0 Å². The van der Waals surface area contributed by atoms with Gasteiger partial charge in [0.1, 0.15) is 5.75 Å². The highest BCUT2D eigenvalue weighted by Crippen LogP contribution is 2.58. The molecule has 0 radical (unpaired) electrons. The van der Waals surface area contributed by atoms with Gasteiger partial charge >= 0.3 is 0 Å². The highest BCUT2D eigenvalue weighted by molar-refractivity contribution is 5.90. The van der Waals surface area contributed by atoms with Crippen molar-refractivity contribution < 1.29 is 4.74 Å². The van der Waals surface area contributed by atoms with Gasteiger partial charge in [-0.15, -0.1) is 0 Å². The Kier molecular flexibility index (Phi) is 10.3. The van der Waals surface area contributed by atoms with Crippen LogP contribution in [0.4, 0.5) is 34.1 Å². The molecule has 3 heteroatoms. The molecule has 3 nitrogen and oxygen atoms in total. The van der Waals surface area contributed by atoms with Gasteiger partial charge in [-0.3, -0.25) is 0 Å². The predicted octanol–water partition coefficient (Wildman–Crippen LogP) is 17.3. The van der Waals surface area contributed by atoms with Crippen molar-refractivity contribution in [2.45, 2.75) is 11.0 Å². The van der Waals surface area contributed by atoms with E-state index in [1.807, 2.05) is 0 Å². The summed E-state index contributed by atoms with van der Waals surface area (Å²) >= 11 is 0. The summed E-state index contributed by atoms with van der Waals surface area (Å²) in [4.78, 5) is 4.69. The molecule has 13 rings (SSSR count). The fraction of sp³-hybridized carbons (Fsp3) is 0.0294. The van der Waals surface area contributed by atoms with E-state index in [1.54, 1.807) is 0 Å². The number of ether oxygens (including phenoxy) is 1. The maximum absolute atomic E-state index is 7.70. The zero-order valence-corrected chi connectivity index (χ0v) is 39.0. The summed E-state index contributed by atoms with van der Waals surface area (Å²) in [6.45, 7) is 0. The molecule has 71 heavy (non-hydrogen) atoms. The molecule has 0 bridgehead atoms. The summed E-state index contributed by atoms with van der Waals surface area (Å²) in [5.74, 6) is 0.816. The maximum atomic E-state index is 7.70. The minimum atomic E-state index is -0.978. The molecule has 1 aliphatic heterocycles. The molecular formula is C68H48N2O. The molecule has 0 fully saturated rings. The van der Waals surface area contributed by atoms with Gasteiger partial charge in [-0.1, -0.05) is 212 Å². The van der Waals surface area contributed by atoms with Gasteiger partial charge in [0.25, 0.3) is 0 Å². The smallest absolute Gasteiger partial charge is 0.185 e. The lowest BCUT2D eigenvalue weighted by Crippen LogP contribution is -2.38. The first-order valence-electron chi connectivity index (χ1n) is 24.4. The summed E-state index contributed by atoms with van der Waals surface area (Å²) in [7, 11) is 0. The number of hydrogen-bond acceptors (Lipinski definition) is 3. The minimum absolute atomic E-state index is 0.528. The van der Waals surface area contributed by atoms with Crippen LogP contribution in [0.15, 0.2) is 291 Å². The van der Waals surface area contributed by atoms with E-state index in [1.165, 1.54) is 33.4 Å². The van der Waals surface area contributed by atoms with E-state index < -0.39 is 11.0 Å². The van der Waals surface area contributed by atoms with Gasteiger partial charge in [0.2, 0.25) is 0 Å². The molecule has 336 valence electrons. The van der Waals surface area contributed by atoms with E-state index in [4.69, 9.17) is 4.74 Å². The number of benzene rings is 11. The van der Waals surface area contributed by atoms with Crippen LogP contribution in [0.2, 0.25) is 0 Å². The van der Waals surface area contributed by atoms with Crippen LogP contribution in [0.3, 0.4) is 0 Å². The molecule has 0 amide bonds. The normalized spacial score (nSPS) is 14.8. The van der Waals surface area contributed by atoms with Crippen molar-refractivity contribution >= 4 is 34.1 Å². The Morgan fingerprint density at radius 3 is 1.11 bits per heavy atom. The second kappa shape index (κ2) is 17.4. The molecule has 0 aromatic heterocycles. The van der Waals surface area contributed by atoms with E-state index >= 15 is 0 Å². The van der Waals surface area contributed by atoms with Crippen molar-refractivity contribution in [2.24, 2.45) is 0 Å². The van der Waals surface area contributed by atoms with Crippen molar-refractivity contribution in [2.75, 3.05) is 9.80 Å². The average Bonchev–Trinajstić information content (AvgIpc) is 3.75. The van der Waals surface area contributed by atoms with E-state index in [0.717, 1.165) is 67.7 Å². The largest absolute Gasteiger partial charge is 0.472 e. The number of hydrogen-bond donors (Lipinski definition) is 0. The standard InChI is InChI=1S/C68H48N2O/c1-7-23-49(24-8-1)67(50-25-9-2-10-26-50)63-37-21-19-35-59(63)61-45-43-57(47-65(61)67)70(55-33-17-6-18-34-55)56-41-39-52(40-42-56)68(51-27-11-3-12-28-51)64-38-22-20-36-60(64)62-46-44-58(48-66(62)71-68)69(53-29-13-4-14-30-53)54-31-15-5-16-32-54/h1-48H. The fourth-order valence-electron chi connectivity index (χ4n) is 11.5. The van der Waals surface area contributed by atoms with Crippen LogP contribution in [0.1, 0.15) is 38.9 Å². The average molecular weight is 909 g/mol.